The van der Waals surface area contributed by atoms with Crippen molar-refractivity contribution < 1.29 is 18.7 Å². The average Bonchev–Trinajstić information content (AvgIpc) is 2.73. The van der Waals surface area contributed by atoms with Crippen LogP contribution in [0.4, 0.5) is 4.39 Å². The summed E-state index contributed by atoms with van der Waals surface area (Å²) in [7, 11) is 0. The van der Waals surface area contributed by atoms with E-state index in [2.05, 4.69) is 5.32 Å². The van der Waals surface area contributed by atoms with E-state index in [9.17, 15) is 14.0 Å². The molecule has 1 fully saturated rings. The fraction of sp³-hybridized carbons (Fsp3) is 0.417. The van der Waals surface area contributed by atoms with Crippen LogP contribution in [0.15, 0.2) is 48.5 Å². The lowest BCUT2D eigenvalue weighted by Gasteiger charge is -2.32. The molecule has 2 aromatic carbocycles. The highest BCUT2D eigenvalue weighted by atomic mass is 19.1. The molecule has 1 atom stereocenters. The Balaban J connectivity index is 1.52. The molecule has 30 heavy (non-hydrogen) atoms. The van der Waals surface area contributed by atoms with Gasteiger partial charge in [0.25, 0.3) is 5.91 Å². The summed E-state index contributed by atoms with van der Waals surface area (Å²) in [4.78, 5) is 27.0. The summed E-state index contributed by atoms with van der Waals surface area (Å²) in [6.45, 7) is 6.94. The standard InChI is InChI=1S/C24H29FN2O3/c1-16(2)30-22-6-4-5-20(15-22)17(3)26-23(28)18-11-13-27(14-12-18)24(29)19-7-9-21(25)10-8-19/h4-10,15-18H,11-14H2,1-3H3,(H,26,28)/t17-/m1/s1. The molecule has 5 nitrogen and oxygen atoms in total. The number of nitrogens with zero attached hydrogens (tertiary/aromatic N) is 1. The number of piperidine rings is 1. The quantitative estimate of drug-likeness (QED) is 0.768. The molecule has 160 valence electrons. The number of hydrogen-bond donors (Lipinski definition) is 1. The van der Waals surface area contributed by atoms with Gasteiger partial charge in [-0.15, -0.1) is 0 Å². The number of hydrogen-bond acceptors (Lipinski definition) is 3. The van der Waals surface area contributed by atoms with Gasteiger partial charge in [-0.3, -0.25) is 9.59 Å². The average molecular weight is 413 g/mol. The van der Waals surface area contributed by atoms with E-state index in [4.69, 9.17) is 4.74 Å². The van der Waals surface area contributed by atoms with E-state index in [0.717, 1.165) is 11.3 Å². The number of halogens is 1. The van der Waals surface area contributed by atoms with Gasteiger partial charge in [0, 0.05) is 24.6 Å². The molecule has 1 heterocycles. The molecular weight excluding hydrogens is 383 g/mol. The SMILES string of the molecule is CC(C)Oc1cccc([C@@H](C)NC(=O)C2CCN(C(=O)c3ccc(F)cc3)CC2)c1. The van der Waals surface area contributed by atoms with Crippen molar-refractivity contribution in [2.75, 3.05) is 13.1 Å². The molecule has 0 spiro atoms. The molecule has 6 heteroatoms. The van der Waals surface area contributed by atoms with Crippen LogP contribution in [0.1, 0.15) is 55.6 Å². The van der Waals surface area contributed by atoms with Crippen LogP contribution < -0.4 is 10.1 Å². The lowest BCUT2D eigenvalue weighted by atomic mass is 9.94. The highest BCUT2D eigenvalue weighted by Gasteiger charge is 2.28. The Bertz CT molecular complexity index is 874. The third-order valence-electron chi connectivity index (χ3n) is 5.33. The minimum atomic E-state index is -0.364. The summed E-state index contributed by atoms with van der Waals surface area (Å²) < 4.78 is 18.8. The zero-order valence-corrected chi connectivity index (χ0v) is 17.7. The first-order valence-electron chi connectivity index (χ1n) is 10.5. The number of carbonyl (C=O) groups excluding carboxylic acids is 2. The fourth-order valence-corrected chi connectivity index (χ4v) is 3.66. The van der Waals surface area contributed by atoms with Crippen LogP contribution in [0.5, 0.6) is 5.75 Å². The van der Waals surface area contributed by atoms with Crippen molar-refractivity contribution in [2.24, 2.45) is 5.92 Å². The van der Waals surface area contributed by atoms with Crippen LogP contribution >= 0.6 is 0 Å². The number of carbonyl (C=O) groups is 2. The van der Waals surface area contributed by atoms with Crippen LogP contribution in [0, 0.1) is 11.7 Å². The third kappa shape index (κ3) is 5.59. The Kier molecular flexibility index (Phi) is 7.08. The first kappa shape index (κ1) is 21.8. The summed E-state index contributed by atoms with van der Waals surface area (Å²) in [5.41, 5.74) is 1.46. The topological polar surface area (TPSA) is 58.6 Å². The van der Waals surface area contributed by atoms with Gasteiger partial charge in [0.05, 0.1) is 12.1 Å². The maximum Gasteiger partial charge on any atom is 0.253 e. The lowest BCUT2D eigenvalue weighted by Crippen LogP contribution is -2.43. The zero-order chi connectivity index (χ0) is 21.7. The van der Waals surface area contributed by atoms with Crippen LogP contribution in [0.25, 0.3) is 0 Å². The molecule has 0 aliphatic carbocycles. The first-order valence-corrected chi connectivity index (χ1v) is 10.5. The van der Waals surface area contributed by atoms with Crippen LogP contribution in [-0.4, -0.2) is 35.9 Å². The van der Waals surface area contributed by atoms with Gasteiger partial charge in [0.2, 0.25) is 5.91 Å². The van der Waals surface area contributed by atoms with Crippen LogP contribution in [0.2, 0.25) is 0 Å². The number of ether oxygens (including phenoxy) is 1. The highest BCUT2D eigenvalue weighted by Crippen LogP contribution is 2.23. The van der Waals surface area contributed by atoms with Gasteiger partial charge in [-0.25, -0.2) is 4.39 Å². The smallest absolute Gasteiger partial charge is 0.253 e. The lowest BCUT2D eigenvalue weighted by molar-refractivity contribution is -0.127. The van der Waals surface area contributed by atoms with E-state index >= 15 is 0 Å². The van der Waals surface area contributed by atoms with Crippen molar-refractivity contribution >= 4 is 11.8 Å². The number of benzene rings is 2. The Morgan fingerprint density at radius 1 is 1.07 bits per heavy atom. The van der Waals surface area contributed by atoms with Gasteiger partial charge >= 0.3 is 0 Å². The van der Waals surface area contributed by atoms with E-state index in [1.807, 2.05) is 45.0 Å². The van der Waals surface area contributed by atoms with E-state index in [1.165, 1.54) is 24.3 Å². The van der Waals surface area contributed by atoms with Gasteiger partial charge in [-0.1, -0.05) is 12.1 Å². The predicted molar refractivity (Wildman–Crippen MR) is 114 cm³/mol. The van der Waals surface area contributed by atoms with Crippen molar-refractivity contribution in [3.05, 3.63) is 65.5 Å². The summed E-state index contributed by atoms with van der Waals surface area (Å²) in [6, 6.07) is 13.2. The Hall–Kier alpha value is -2.89. The molecular formula is C24H29FN2O3. The highest BCUT2D eigenvalue weighted by molar-refractivity contribution is 5.94. The number of nitrogens with one attached hydrogen (secondary N) is 1. The number of likely N-dealkylation sites (tertiary alicyclic amines) is 1. The molecule has 1 N–H and O–H groups in total. The van der Waals surface area contributed by atoms with Gasteiger partial charge < -0.3 is 15.0 Å². The Morgan fingerprint density at radius 3 is 2.37 bits per heavy atom. The van der Waals surface area contributed by atoms with Gasteiger partial charge in [-0.05, 0) is 75.6 Å². The zero-order valence-electron chi connectivity index (χ0n) is 17.7. The molecule has 1 aliphatic rings. The largest absolute Gasteiger partial charge is 0.491 e. The molecule has 0 aromatic heterocycles. The van der Waals surface area contributed by atoms with Gasteiger partial charge in [0.15, 0.2) is 0 Å². The number of rotatable bonds is 6. The third-order valence-corrected chi connectivity index (χ3v) is 5.33. The second-order valence-corrected chi connectivity index (χ2v) is 8.04. The fourth-order valence-electron chi connectivity index (χ4n) is 3.66. The van der Waals surface area contributed by atoms with Crippen molar-refractivity contribution in [2.45, 2.75) is 45.8 Å². The minimum absolute atomic E-state index is 0.00608. The molecule has 0 bridgehead atoms. The normalized spacial score (nSPS) is 15.7. The monoisotopic (exact) mass is 412 g/mol. The number of amides is 2. The predicted octanol–water partition coefficient (Wildman–Crippen LogP) is 4.34. The Labute approximate surface area is 177 Å². The van der Waals surface area contributed by atoms with E-state index in [1.54, 1.807) is 4.90 Å². The van der Waals surface area contributed by atoms with Crippen LogP contribution in [0.3, 0.4) is 0 Å². The van der Waals surface area contributed by atoms with Gasteiger partial charge in [-0.2, -0.15) is 0 Å². The van der Waals surface area contributed by atoms with Gasteiger partial charge in [0.1, 0.15) is 11.6 Å². The second kappa shape index (κ2) is 9.74. The van der Waals surface area contributed by atoms with E-state index < -0.39 is 0 Å². The Morgan fingerprint density at radius 2 is 1.73 bits per heavy atom. The maximum atomic E-state index is 13.1. The summed E-state index contributed by atoms with van der Waals surface area (Å²) in [5, 5.41) is 3.09. The summed E-state index contributed by atoms with van der Waals surface area (Å²) >= 11 is 0. The molecule has 1 saturated heterocycles. The van der Waals surface area contributed by atoms with Crippen molar-refractivity contribution in [3.63, 3.8) is 0 Å². The minimum Gasteiger partial charge on any atom is -0.491 e. The molecule has 0 unspecified atom stereocenters. The molecule has 1 aliphatic heterocycles. The summed E-state index contributed by atoms with van der Waals surface area (Å²) in [5.74, 6) is 0.184. The molecule has 0 saturated carbocycles. The molecule has 2 aromatic rings. The maximum absolute atomic E-state index is 13.1. The van der Waals surface area contributed by atoms with Crippen molar-refractivity contribution in [1.82, 2.24) is 10.2 Å². The molecule has 2 amide bonds. The van der Waals surface area contributed by atoms with Crippen molar-refractivity contribution in [3.8, 4) is 5.75 Å². The molecule has 0 radical (unpaired) electrons. The first-order chi connectivity index (χ1) is 14.3. The van der Waals surface area contributed by atoms with E-state index in [-0.39, 0.29) is 35.7 Å². The molecule has 3 rings (SSSR count). The van der Waals surface area contributed by atoms with E-state index in [0.29, 0.717) is 31.5 Å². The summed E-state index contributed by atoms with van der Waals surface area (Å²) in [6.07, 6.45) is 1.32. The van der Waals surface area contributed by atoms with Crippen molar-refractivity contribution in [1.29, 1.82) is 0 Å². The second-order valence-electron chi connectivity index (χ2n) is 8.04. The van der Waals surface area contributed by atoms with Crippen LogP contribution in [-0.2, 0) is 4.79 Å².